The summed E-state index contributed by atoms with van der Waals surface area (Å²) in [6.07, 6.45) is -11.5. The molecule has 114 valence electrons. The third kappa shape index (κ3) is 3.26. The van der Waals surface area contributed by atoms with Gasteiger partial charge in [-0.2, -0.15) is 26.3 Å². The van der Waals surface area contributed by atoms with E-state index in [-0.39, 0.29) is 0 Å². The molecule has 0 saturated heterocycles. The molecule has 0 spiro atoms. The molecule has 1 aromatic heterocycles. The quantitative estimate of drug-likeness (QED) is 0.837. The van der Waals surface area contributed by atoms with Crippen molar-refractivity contribution in [1.29, 1.82) is 0 Å². The largest absolute Gasteiger partial charge is 0.409 e. The number of amides is 1. The third-order valence-electron chi connectivity index (χ3n) is 2.55. The molecular weight excluding hydrogens is 304 g/mol. The summed E-state index contributed by atoms with van der Waals surface area (Å²) in [4.78, 5) is 17.4. The van der Waals surface area contributed by atoms with Gasteiger partial charge in [-0.3, -0.25) is 10.1 Å². The third-order valence-corrected chi connectivity index (χ3v) is 2.55. The van der Waals surface area contributed by atoms with Crippen LogP contribution in [0.15, 0.2) is 24.3 Å². The van der Waals surface area contributed by atoms with Gasteiger partial charge in [0.1, 0.15) is 0 Å². The fourth-order valence-electron chi connectivity index (χ4n) is 1.68. The van der Waals surface area contributed by atoms with Crippen molar-refractivity contribution in [3.63, 3.8) is 0 Å². The maximum atomic E-state index is 12.4. The van der Waals surface area contributed by atoms with Gasteiger partial charge in [0.2, 0.25) is 17.8 Å². The number of imidazole rings is 1. The molecule has 0 aliphatic carbocycles. The highest BCUT2D eigenvalue weighted by Gasteiger charge is 2.61. The van der Waals surface area contributed by atoms with Crippen molar-refractivity contribution in [2.75, 3.05) is 5.32 Å². The molecule has 0 saturated carbocycles. The number of benzene rings is 1. The molecule has 21 heavy (non-hydrogen) atoms. The van der Waals surface area contributed by atoms with Crippen LogP contribution in [0.2, 0.25) is 0 Å². The van der Waals surface area contributed by atoms with Gasteiger partial charge in [-0.15, -0.1) is 0 Å². The maximum absolute atomic E-state index is 12.4. The number of hydrogen-bond acceptors (Lipinski definition) is 2. The Hall–Kier alpha value is -2.26. The molecule has 2 aromatic rings. The molecule has 4 nitrogen and oxygen atoms in total. The van der Waals surface area contributed by atoms with Gasteiger partial charge in [0, 0.05) is 0 Å². The zero-order chi connectivity index (χ0) is 15.8. The summed E-state index contributed by atoms with van der Waals surface area (Å²) in [5.74, 6) is -6.84. The van der Waals surface area contributed by atoms with Crippen molar-refractivity contribution in [3.05, 3.63) is 24.3 Å². The van der Waals surface area contributed by atoms with Crippen LogP contribution in [0.1, 0.15) is 0 Å². The highest BCUT2D eigenvalue weighted by molar-refractivity contribution is 5.93. The predicted molar refractivity (Wildman–Crippen MR) is 60.3 cm³/mol. The first-order valence-corrected chi connectivity index (χ1v) is 5.48. The van der Waals surface area contributed by atoms with Crippen LogP contribution in [0, 0.1) is 5.92 Å². The van der Waals surface area contributed by atoms with E-state index < -0.39 is 30.1 Å². The number of alkyl halides is 6. The number of para-hydroxylation sites is 2. The topological polar surface area (TPSA) is 57.8 Å². The minimum atomic E-state index is -5.74. The van der Waals surface area contributed by atoms with Crippen LogP contribution >= 0.6 is 0 Å². The van der Waals surface area contributed by atoms with Crippen LogP contribution in [0.3, 0.4) is 0 Å². The molecule has 0 atom stereocenters. The first-order chi connectivity index (χ1) is 9.59. The van der Waals surface area contributed by atoms with Crippen molar-refractivity contribution in [1.82, 2.24) is 9.97 Å². The SMILES string of the molecule is O=C(Nc1nc2ccccc2[nH]1)C(C(F)(F)F)C(F)(F)F. The van der Waals surface area contributed by atoms with Crippen LogP contribution in [-0.4, -0.2) is 28.2 Å². The lowest BCUT2D eigenvalue weighted by atomic mass is 10.1. The van der Waals surface area contributed by atoms with Gasteiger partial charge in [-0.25, -0.2) is 4.98 Å². The second-order valence-electron chi connectivity index (χ2n) is 4.11. The van der Waals surface area contributed by atoms with E-state index in [1.54, 1.807) is 12.1 Å². The minimum absolute atomic E-state index is 0.295. The number of hydrogen-bond donors (Lipinski definition) is 2. The van der Waals surface area contributed by atoms with Crippen LogP contribution in [0.25, 0.3) is 11.0 Å². The van der Waals surface area contributed by atoms with Crippen molar-refractivity contribution >= 4 is 22.9 Å². The lowest BCUT2D eigenvalue weighted by Crippen LogP contribution is -2.45. The Morgan fingerprint density at radius 2 is 1.67 bits per heavy atom. The van der Waals surface area contributed by atoms with E-state index in [0.29, 0.717) is 11.0 Å². The van der Waals surface area contributed by atoms with Crippen molar-refractivity contribution in [2.24, 2.45) is 5.92 Å². The normalized spacial score (nSPS) is 12.9. The van der Waals surface area contributed by atoms with E-state index in [0.717, 1.165) is 0 Å². The first kappa shape index (κ1) is 15.1. The molecule has 2 N–H and O–H groups in total. The smallest absolute Gasteiger partial charge is 0.324 e. The number of halogens is 6. The molecule has 1 aromatic carbocycles. The van der Waals surface area contributed by atoms with Crippen LogP contribution in [0.4, 0.5) is 32.3 Å². The molecule has 1 amide bonds. The van der Waals surface area contributed by atoms with Gasteiger partial charge in [0.05, 0.1) is 11.0 Å². The number of carbonyl (C=O) groups is 1. The lowest BCUT2D eigenvalue weighted by molar-refractivity contribution is -0.272. The molecular formula is C11H7F6N3O. The molecule has 2 rings (SSSR count). The number of nitrogens with one attached hydrogen (secondary N) is 2. The summed E-state index contributed by atoms with van der Waals surface area (Å²) < 4.78 is 74.2. The van der Waals surface area contributed by atoms with E-state index >= 15 is 0 Å². The molecule has 1 heterocycles. The summed E-state index contributed by atoms with van der Waals surface area (Å²) in [5.41, 5.74) is 0.659. The molecule has 0 bridgehead atoms. The lowest BCUT2D eigenvalue weighted by Gasteiger charge is -2.21. The fourth-order valence-corrected chi connectivity index (χ4v) is 1.68. The predicted octanol–water partition coefficient (Wildman–Crippen LogP) is 3.24. The number of rotatable bonds is 2. The van der Waals surface area contributed by atoms with Gasteiger partial charge in [-0.05, 0) is 12.1 Å². The van der Waals surface area contributed by atoms with E-state index in [9.17, 15) is 31.1 Å². The summed E-state index contributed by atoms with van der Waals surface area (Å²) >= 11 is 0. The van der Waals surface area contributed by atoms with Gasteiger partial charge >= 0.3 is 12.4 Å². The Morgan fingerprint density at radius 3 is 2.19 bits per heavy atom. The van der Waals surface area contributed by atoms with Gasteiger partial charge in [0.25, 0.3) is 0 Å². The van der Waals surface area contributed by atoms with Crippen LogP contribution < -0.4 is 5.32 Å². The summed E-state index contributed by atoms with van der Waals surface area (Å²) in [6, 6.07) is 6.14. The van der Waals surface area contributed by atoms with E-state index in [1.807, 2.05) is 0 Å². The standard InChI is InChI=1S/C11H7F6N3O/c12-10(13,14)7(11(15,16)17)8(21)20-9-18-5-3-1-2-4-6(5)19-9/h1-4,7H,(H2,18,19,20,21). The molecule has 10 heteroatoms. The number of H-pyrrole nitrogens is 1. The molecule has 0 fully saturated rings. The Morgan fingerprint density at radius 1 is 1.10 bits per heavy atom. The highest BCUT2D eigenvalue weighted by atomic mass is 19.4. The number of fused-ring (bicyclic) bond motifs is 1. The first-order valence-electron chi connectivity index (χ1n) is 5.48. The van der Waals surface area contributed by atoms with E-state index in [2.05, 4.69) is 9.97 Å². The van der Waals surface area contributed by atoms with Crippen LogP contribution in [0.5, 0.6) is 0 Å². The Bertz CT molecular complexity index is 613. The second kappa shape index (κ2) is 4.93. The monoisotopic (exact) mass is 311 g/mol. The molecule has 0 aliphatic rings. The minimum Gasteiger partial charge on any atom is -0.324 e. The van der Waals surface area contributed by atoms with Gasteiger partial charge in [0.15, 0.2) is 0 Å². The second-order valence-corrected chi connectivity index (χ2v) is 4.11. The zero-order valence-electron chi connectivity index (χ0n) is 10.0. The summed E-state index contributed by atoms with van der Waals surface area (Å²) in [7, 11) is 0. The Kier molecular flexibility index (Phi) is 3.56. The van der Waals surface area contributed by atoms with Crippen molar-refractivity contribution < 1.29 is 31.1 Å². The van der Waals surface area contributed by atoms with Crippen molar-refractivity contribution in [2.45, 2.75) is 12.4 Å². The average Bonchev–Trinajstić information content (AvgIpc) is 2.66. The zero-order valence-corrected chi connectivity index (χ0v) is 10.0. The number of aromatic amines is 1. The maximum Gasteiger partial charge on any atom is 0.409 e. The number of anilines is 1. The van der Waals surface area contributed by atoms with E-state index in [1.165, 1.54) is 17.4 Å². The number of aromatic nitrogens is 2. The van der Waals surface area contributed by atoms with E-state index in [4.69, 9.17) is 0 Å². The van der Waals surface area contributed by atoms with Gasteiger partial charge in [-0.1, -0.05) is 12.1 Å². The number of nitrogens with zero attached hydrogens (tertiary/aromatic N) is 1. The average molecular weight is 311 g/mol. The summed E-state index contributed by atoms with van der Waals surface area (Å²) in [5, 5.41) is 1.50. The summed E-state index contributed by atoms with van der Waals surface area (Å²) in [6.45, 7) is 0. The Balaban J connectivity index is 2.26. The van der Waals surface area contributed by atoms with Crippen LogP contribution in [-0.2, 0) is 4.79 Å². The van der Waals surface area contributed by atoms with Crippen molar-refractivity contribution in [3.8, 4) is 0 Å². The number of carbonyl (C=O) groups excluding carboxylic acids is 1. The molecule has 0 aliphatic heterocycles. The molecule has 0 radical (unpaired) electrons. The fraction of sp³-hybridized carbons (Fsp3) is 0.273. The molecule has 0 unspecified atom stereocenters. The Labute approximate surface area is 113 Å². The van der Waals surface area contributed by atoms with Gasteiger partial charge < -0.3 is 4.98 Å². The highest BCUT2D eigenvalue weighted by Crippen LogP contribution is 2.39.